The lowest BCUT2D eigenvalue weighted by atomic mass is 10.1. The second-order valence-electron chi connectivity index (χ2n) is 2.68. The Kier molecular flexibility index (Phi) is 2.09. The maximum atomic E-state index is 10.6. The Hall–Kier alpha value is -0.530. The molecule has 0 aromatic carbocycles. The lowest BCUT2D eigenvalue weighted by Gasteiger charge is -2.03. The van der Waals surface area contributed by atoms with Gasteiger partial charge in [0.05, 0.1) is 6.61 Å². The van der Waals surface area contributed by atoms with Crippen molar-refractivity contribution in [1.82, 2.24) is 0 Å². The minimum atomic E-state index is -0.0284. The second-order valence-corrected chi connectivity index (χ2v) is 2.68. The molecule has 0 saturated carbocycles. The Morgan fingerprint density at radius 2 is 2.44 bits per heavy atom. The van der Waals surface area contributed by atoms with Crippen LogP contribution in [0.3, 0.4) is 0 Å². The van der Waals surface area contributed by atoms with Crippen LogP contribution in [0.4, 0.5) is 0 Å². The predicted molar refractivity (Wildman–Crippen MR) is 34.0 cm³/mol. The van der Waals surface area contributed by atoms with Crippen LogP contribution in [0, 0.1) is 5.92 Å². The maximum absolute atomic E-state index is 10.6. The van der Waals surface area contributed by atoms with Crippen molar-refractivity contribution in [2.24, 2.45) is 5.92 Å². The molecule has 0 radical (unpaired) electrons. The monoisotopic (exact) mass is 128 g/mol. The van der Waals surface area contributed by atoms with Crippen LogP contribution in [-0.4, -0.2) is 12.6 Å². The second kappa shape index (κ2) is 2.85. The smallest absolute Gasteiger partial charge is 0.305 e. The van der Waals surface area contributed by atoms with Crippen molar-refractivity contribution < 1.29 is 9.53 Å². The number of hydrogen-bond donors (Lipinski definition) is 0. The molecule has 1 fully saturated rings. The highest BCUT2D eigenvalue weighted by Crippen LogP contribution is 2.13. The first-order chi connectivity index (χ1) is 4.29. The molecule has 0 aromatic heterocycles. The van der Waals surface area contributed by atoms with Gasteiger partial charge in [-0.15, -0.1) is 0 Å². The molecular formula is C7H12O2. The molecule has 2 heteroatoms. The molecule has 0 amide bonds. The normalized spacial score (nSPS) is 29.0. The van der Waals surface area contributed by atoms with E-state index < -0.39 is 0 Å². The number of hydrogen-bond acceptors (Lipinski definition) is 2. The lowest BCUT2D eigenvalue weighted by Crippen LogP contribution is -2.05. The average molecular weight is 128 g/mol. The summed E-state index contributed by atoms with van der Waals surface area (Å²) in [5.41, 5.74) is 0. The lowest BCUT2D eigenvalue weighted by molar-refractivity contribution is -0.143. The topological polar surface area (TPSA) is 26.3 Å². The summed E-state index contributed by atoms with van der Waals surface area (Å²) >= 11 is 0. The highest BCUT2D eigenvalue weighted by Gasteiger charge is 2.12. The molecule has 1 aliphatic rings. The Morgan fingerprint density at radius 1 is 1.67 bits per heavy atom. The van der Waals surface area contributed by atoms with Crippen molar-refractivity contribution >= 4 is 5.97 Å². The molecule has 1 atom stereocenters. The third-order valence-electron chi connectivity index (χ3n) is 1.61. The first-order valence-corrected chi connectivity index (χ1v) is 3.44. The summed E-state index contributed by atoms with van der Waals surface area (Å²) in [6.45, 7) is 2.73. The summed E-state index contributed by atoms with van der Waals surface area (Å²) in [4.78, 5) is 10.6. The van der Waals surface area contributed by atoms with Gasteiger partial charge in [0.1, 0.15) is 0 Å². The van der Waals surface area contributed by atoms with Crippen molar-refractivity contribution in [3.05, 3.63) is 0 Å². The summed E-state index contributed by atoms with van der Waals surface area (Å²) in [7, 11) is 0. The van der Waals surface area contributed by atoms with Gasteiger partial charge in [0.2, 0.25) is 0 Å². The number of carbonyl (C=O) groups is 1. The summed E-state index contributed by atoms with van der Waals surface area (Å²) in [5.74, 6) is 0.538. The van der Waals surface area contributed by atoms with E-state index in [2.05, 4.69) is 6.92 Å². The highest BCUT2D eigenvalue weighted by atomic mass is 16.5. The van der Waals surface area contributed by atoms with Gasteiger partial charge >= 0.3 is 5.97 Å². The summed E-state index contributed by atoms with van der Waals surface area (Å²) < 4.78 is 4.88. The van der Waals surface area contributed by atoms with Crippen LogP contribution in [0.2, 0.25) is 0 Å². The van der Waals surface area contributed by atoms with Crippen molar-refractivity contribution in [3.8, 4) is 0 Å². The zero-order chi connectivity index (χ0) is 6.69. The Balaban J connectivity index is 2.34. The number of ether oxygens (including phenoxy) is 1. The quantitative estimate of drug-likeness (QED) is 0.460. The number of cyclic esters (lactones) is 1. The van der Waals surface area contributed by atoms with Gasteiger partial charge < -0.3 is 4.74 Å². The molecule has 0 aliphatic carbocycles. The summed E-state index contributed by atoms with van der Waals surface area (Å²) in [5, 5.41) is 0. The molecule has 9 heavy (non-hydrogen) atoms. The van der Waals surface area contributed by atoms with Gasteiger partial charge in [-0.2, -0.15) is 0 Å². The van der Waals surface area contributed by atoms with E-state index in [4.69, 9.17) is 4.74 Å². The molecule has 0 unspecified atom stereocenters. The molecule has 0 N–H and O–H groups in total. The Labute approximate surface area is 55.2 Å². The van der Waals surface area contributed by atoms with Crippen LogP contribution in [0.1, 0.15) is 26.2 Å². The number of carbonyl (C=O) groups excluding carboxylic acids is 1. The molecule has 0 spiro atoms. The third-order valence-corrected chi connectivity index (χ3v) is 1.61. The van der Waals surface area contributed by atoms with Crippen molar-refractivity contribution in [2.75, 3.05) is 6.61 Å². The van der Waals surface area contributed by atoms with E-state index in [0.29, 0.717) is 18.9 Å². The van der Waals surface area contributed by atoms with Gasteiger partial charge in [-0.25, -0.2) is 0 Å². The van der Waals surface area contributed by atoms with Gasteiger partial charge in [0.25, 0.3) is 0 Å². The highest BCUT2D eigenvalue weighted by molar-refractivity contribution is 5.69. The van der Waals surface area contributed by atoms with Crippen molar-refractivity contribution in [2.45, 2.75) is 26.2 Å². The molecule has 1 heterocycles. The molecule has 0 bridgehead atoms. The van der Waals surface area contributed by atoms with Gasteiger partial charge in [0, 0.05) is 6.42 Å². The SMILES string of the molecule is C[C@H]1CCCC(=O)OC1. The minimum absolute atomic E-state index is 0.0284. The van der Waals surface area contributed by atoms with Crippen LogP contribution in [0.5, 0.6) is 0 Å². The maximum Gasteiger partial charge on any atom is 0.305 e. The van der Waals surface area contributed by atoms with E-state index in [0.717, 1.165) is 12.8 Å². The Bertz CT molecular complexity index is 109. The fourth-order valence-electron chi connectivity index (χ4n) is 0.986. The molecular weight excluding hydrogens is 116 g/mol. The first kappa shape index (κ1) is 6.59. The number of rotatable bonds is 0. The predicted octanol–water partition coefficient (Wildman–Crippen LogP) is 1.35. The number of esters is 1. The fourth-order valence-corrected chi connectivity index (χ4v) is 0.986. The zero-order valence-corrected chi connectivity index (χ0v) is 5.72. The van der Waals surface area contributed by atoms with E-state index in [-0.39, 0.29) is 5.97 Å². The first-order valence-electron chi connectivity index (χ1n) is 3.44. The van der Waals surface area contributed by atoms with Crippen molar-refractivity contribution in [3.63, 3.8) is 0 Å². The van der Waals surface area contributed by atoms with Crippen LogP contribution in [-0.2, 0) is 9.53 Å². The molecule has 1 saturated heterocycles. The van der Waals surface area contributed by atoms with E-state index in [1.807, 2.05) is 0 Å². The Morgan fingerprint density at radius 3 is 3.22 bits per heavy atom. The fraction of sp³-hybridized carbons (Fsp3) is 0.857. The third kappa shape index (κ3) is 2.04. The van der Waals surface area contributed by atoms with Crippen LogP contribution < -0.4 is 0 Å². The minimum Gasteiger partial charge on any atom is -0.465 e. The van der Waals surface area contributed by atoms with Crippen LogP contribution in [0.25, 0.3) is 0 Å². The molecule has 2 nitrogen and oxygen atoms in total. The zero-order valence-electron chi connectivity index (χ0n) is 5.72. The molecule has 52 valence electrons. The van der Waals surface area contributed by atoms with Gasteiger partial charge in [-0.1, -0.05) is 6.92 Å². The molecule has 1 rings (SSSR count). The standard InChI is InChI=1S/C7H12O2/c1-6-3-2-4-7(8)9-5-6/h6H,2-5H2,1H3/t6-/m0/s1. The van der Waals surface area contributed by atoms with E-state index >= 15 is 0 Å². The van der Waals surface area contributed by atoms with Crippen LogP contribution >= 0.6 is 0 Å². The van der Waals surface area contributed by atoms with Gasteiger partial charge in [-0.05, 0) is 18.8 Å². The molecule has 0 aromatic rings. The molecule has 1 aliphatic heterocycles. The van der Waals surface area contributed by atoms with Gasteiger partial charge in [0.15, 0.2) is 0 Å². The largest absolute Gasteiger partial charge is 0.465 e. The summed E-state index contributed by atoms with van der Waals surface area (Å²) in [6, 6.07) is 0. The summed E-state index contributed by atoms with van der Waals surface area (Å²) in [6.07, 6.45) is 2.75. The van der Waals surface area contributed by atoms with E-state index in [1.165, 1.54) is 0 Å². The van der Waals surface area contributed by atoms with E-state index in [9.17, 15) is 4.79 Å². The van der Waals surface area contributed by atoms with Crippen molar-refractivity contribution in [1.29, 1.82) is 0 Å². The average Bonchev–Trinajstić information content (AvgIpc) is 1.97. The van der Waals surface area contributed by atoms with E-state index in [1.54, 1.807) is 0 Å². The van der Waals surface area contributed by atoms with Crippen LogP contribution in [0.15, 0.2) is 0 Å². The van der Waals surface area contributed by atoms with Gasteiger partial charge in [-0.3, -0.25) is 4.79 Å².